The summed E-state index contributed by atoms with van der Waals surface area (Å²) in [5, 5.41) is 22.1. The van der Waals surface area contributed by atoms with E-state index in [1.807, 2.05) is 11.4 Å². The number of aromatic nitrogens is 3. The zero-order chi connectivity index (χ0) is 20.1. The maximum absolute atomic E-state index is 12.1. The summed E-state index contributed by atoms with van der Waals surface area (Å²) in [5.41, 5.74) is 0.652. The van der Waals surface area contributed by atoms with E-state index < -0.39 is 18.4 Å². The summed E-state index contributed by atoms with van der Waals surface area (Å²) in [6.07, 6.45) is -4.10. The van der Waals surface area contributed by atoms with E-state index in [0.29, 0.717) is 5.56 Å². The molecule has 1 amide bonds. The Morgan fingerprint density at radius 1 is 1.29 bits per heavy atom. The first kappa shape index (κ1) is 19.8. The number of nitrogens with one attached hydrogen (secondary N) is 1. The zero-order valence-electron chi connectivity index (χ0n) is 14.3. The van der Waals surface area contributed by atoms with Crippen LogP contribution >= 0.6 is 11.3 Å². The van der Waals surface area contributed by atoms with Gasteiger partial charge in [0.1, 0.15) is 11.9 Å². The molecular formula is C17H15F3N4O3S. The Balaban J connectivity index is 1.52. The van der Waals surface area contributed by atoms with Crippen molar-refractivity contribution in [2.75, 3.05) is 0 Å². The number of aliphatic hydroxyl groups is 1. The average molecular weight is 412 g/mol. The predicted octanol–water partition coefficient (Wildman–Crippen LogP) is 2.90. The first-order valence-electron chi connectivity index (χ1n) is 8.04. The van der Waals surface area contributed by atoms with Crippen molar-refractivity contribution in [1.82, 2.24) is 20.3 Å². The molecule has 3 rings (SSSR count). The van der Waals surface area contributed by atoms with E-state index in [1.54, 1.807) is 6.07 Å². The Hall–Kier alpha value is -2.92. The summed E-state index contributed by atoms with van der Waals surface area (Å²) in [6.45, 7) is 0.247. The number of thiophene rings is 1. The molecule has 1 aromatic carbocycles. The number of hydrogen-bond acceptors (Lipinski definition) is 6. The van der Waals surface area contributed by atoms with E-state index in [9.17, 15) is 23.1 Å². The number of aliphatic hydroxyl groups excluding tert-OH is 1. The SMILES string of the molecule is O=C(NCc1ccc(OC(F)(F)F)cc1)c1cn(CC(O)c2cccs2)nn1. The second-order valence-electron chi connectivity index (χ2n) is 5.73. The Kier molecular flexibility index (Phi) is 5.95. The topological polar surface area (TPSA) is 89.3 Å². The quantitative estimate of drug-likeness (QED) is 0.623. The molecule has 0 radical (unpaired) electrons. The minimum Gasteiger partial charge on any atom is -0.406 e. The molecule has 2 aromatic heterocycles. The molecule has 0 fully saturated rings. The number of carbonyl (C=O) groups is 1. The highest BCUT2D eigenvalue weighted by atomic mass is 32.1. The molecule has 0 saturated carbocycles. The second kappa shape index (κ2) is 8.40. The Morgan fingerprint density at radius 2 is 2.04 bits per heavy atom. The van der Waals surface area contributed by atoms with Crippen LogP contribution in [-0.4, -0.2) is 32.4 Å². The Labute approximate surface area is 161 Å². The second-order valence-corrected chi connectivity index (χ2v) is 6.71. The largest absolute Gasteiger partial charge is 0.573 e. The summed E-state index contributed by atoms with van der Waals surface area (Å²) in [7, 11) is 0. The van der Waals surface area contributed by atoms with Crippen molar-refractivity contribution in [3.63, 3.8) is 0 Å². The van der Waals surface area contributed by atoms with Crippen molar-refractivity contribution in [3.8, 4) is 5.75 Å². The monoisotopic (exact) mass is 412 g/mol. The fourth-order valence-corrected chi connectivity index (χ4v) is 3.02. The van der Waals surface area contributed by atoms with Crippen molar-refractivity contribution in [1.29, 1.82) is 0 Å². The fraction of sp³-hybridized carbons (Fsp3) is 0.235. The van der Waals surface area contributed by atoms with Gasteiger partial charge in [-0.05, 0) is 29.1 Å². The minimum atomic E-state index is -4.75. The molecule has 0 bridgehead atoms. The fourth-order valence-electron chi connectivity index (χ4n) is 2.32. The lowest BCUT2D eigenvalue weighted by Gasteiger charge is -2.09. The highest BCUT2D eigenvalue weighted by Gasteiger charge is 2.30. The molecule has 7 nitrogen and oxygen atoms in total. The van der Waals surface area contributed by atoms with Crippen molar-refractivity contribution in [3.05, 3.63) is 64.1 Å². The number of carbonyl (C=O) groups excluding carboxylic acids is 1. The Morgan fingerprint density at radius 3 is 2.68 bits per heavy atom. The maximum atomic E-state index is 12.1. The van der Waals surface area contributed by atoms with Crippen LogP contribution < -0.4 is 10.1 Å². The standard InChI is InChI=1S/C17H15F3N4O3S/c18-17(19,20)27-12-5-3-11(4-6-12)8-21-16(26)13-9-24(23-22-13)10-14(25)15-2-1-7-28-15/h1-7,9,14,25H,8,10H2,(H,21,26). The Bertz CT molecular complexity index is 911. The van der Waals surface area contributed by atoms with Crippen LogP contribution in [0.4, 0.5) is 13.2 Å². The molecule has 148 valence electrons. The van der Waals surface area contributed by atoms with E-state index in [0.717, 1.165) is 17.0 Å². The number of amides is 1. The molecule has 0 aliphatic carbocycles. The normalized spacial score (nSPS) is 12.6. The van der Waals surface area contributed by atoms with Gasteiger partial charge in [-0.2, -0.15) is 0 Å². The van der Waals surface area contributed by atoms with Gasteiger partial charge in [0.25, 0.3) is 5.91 Å². The molecule has 28 heavy (non-hydrogen) atoms. The molecule has 0 spiro atoms. The van der Waals surface area contributed by atoms with Gasteiger partial charge in [-0.3, -0.25) is 4.79 Å². The van der Waals surface area contributed by atoms with Gasteiger partial charge in [0.15, 0.2) is 5.69 Å². The summed E-state index contributed by atoms with van der Waals surface area (Å²) < 4.78 is 41.6. The van der Waals surface area contributed by atoms with Gasteiger partial charge in [-0.1, -0.05) is 23.4 Å². The van der Waals surface area contributed by atoms with E-state index >= 15 is 0 Å². The molecule has 0 saturated heterocycles. The lowest BCUT2D eigenvalue weighted by Crippen LogP contribution is -2.23. The predicted molar refractivity (Wildman–Crippen MR) is 93.6 cm³/mol. The number of rotatable bonds is 7. The van der Waals surface area contributed by atoms with Gasteiger partial charge < -0.3 is 15.2 Å². The van der Waals surface area contributed by atoms with E-state index in [2.05, 4.69) is 20.4 Å². The van der Waals surface area contributed by atoms with Crippen molar-refractivity contribution in [2.24, 2.45) is 0 Å². The molecule has 0 aliphatic heterocycles. The van der Waals surface area contributed by atoms with Crippen molar-refractivity contribution >= 4 is 17.2 Å². The van der Waals surface area contributed by atoms with E-state index in [4.69, 9.17) is 0 Å². The van der Waals surface area contributed by atoms with Crippen LogP contribution in [0.3, 0.4) is 0 Å². The summed E-state index contributed by atoms with van der Waals surface area (Å²) >= 11 is 1.41. The minimum absolute atomic E-state index is 0.0652. The zero-order valence-corrected chi connectivity index (χ0v) is 15.1. The van der Waals surface area contributed by atoms with Crippen LogP contribution in [0.25, 0.3) is 0 Å². The number of benzene rings is 1. The summed E-state index contributed by atoms with van der Waals surface area (Å²) in [5.74, 6) is -0.831. The van der Waals surface area contributed by atoms with Gasteiger partial charge in [-0.25, -0.2) is 4.68 Å². The summed E-state index contributed by atoms with van der Waals surface area (Å²) in [4.78, 5) is 12.9. The van der Waals surface area contributed by atoms with Crippen molar-refractivity contribution < 1.29 is 27.8 Å². The molecule has 2 N–H and O–H groups in total. The van der Waals surface area contributed by atoms with Gasteiger partial charge in [0, 0.05) is 11.4 Å². The summed E-state index contributed by atoms with van der Waals surface area (Å²) in [6, 6.07) is 8.77. The van der Waals surface area contributed by atoms with Crippen LogP contribution in [0.15, 0.2) is 48.0 Å². The van der Waals surface area contributed by atoms with Crippen LogP contribution in [-0.2, 0) is 13.1 Å². The number of ether oxygens (including phenoxy) is 1. The molecule has 2 heterocycles. The lowest BCUT2D eigenvalue weighted by atomic mass is 10.2. The van der Waals surface area contributed by atoms with Gasteiger partial charge >= 0.3 is 6.36 Å². The first-order chi connectivity index (χ1) is 13.3. The highest BCUT2D eigenvalue weighted by molar-refractivity contribution is 7.10. The third-order valence-corrected chi connectivity index (χ3v) is 4.59. The molecule has 11 heteroatoms. The first-order valence-corrected chi connectivity index (χ1v) is 8.92. The number of nitrogens with zero attached hydrogens (tertiary/aromatic N) is 3. The highest BCUT2D eigenvalue weighted by Crippen LogP contribution is 2.23. The van der Waals surface area contributed by atoms with Gasteiger partial charge in [0.2, 0.25) is 0 Å². The number of hydrogen-bond donors (Lipinski definition) is 2. The van der Waals surface area contributed by atoms with Crippen LogP contribution in [0, 0.1) is 0 Å². The number of halogens is 3. The average Bonchev–Trinajstić information content (AvgIpc) is 3.31. The van der Waals surface area contributed by atoms with E-state index in [-0.39, 0.29) is 24.5 Å². The molecule has 3 aromatic rings. The molecule has 1 unspecified atom stereocenters. The molecular weight excluding hydrogens is 397 g/mol. The van der Waals surface area contributed by atoms with Crippen LogP contribution in [0.2, 0.25) is 0 Å². The van der Waals surface area contributed by atoms with Crippen LogP contribution in [0.1, 0.15) is 27.0 Å². The third kappa shape index (κ3) is 5.54. The maximum Gasteiger partial charge on any atom is 0.573 e. The smallest absolute Gasteiger partial charge is 0.406 e. The van der Waals surface area contributed by atoms with Crippen molar-refractivity contribution in [2.45, 2.75) is 25.6 Å². The molecule has 0 aliphatic rings. The van der Waals surface area contributed by atoms with E-state index in [1.165, 1.54) is 34.3 Å². The lowest BCUT2D eigenvalue weighted by molar-refractivity contribution is -0.274. The van der Waals surface area contributed by atoms with Gasteiger partial charge in [0.05, 0.1) is 12.7 Å². The third-order valence-electron chi connectivity index (χ3n) is 3.61. The number of alkyl halides is 3. The van der Waals surface area contributed by atoms with Crippen LogP contribution in [0.5, 0.6) is 5.75 Å². The van der Waals surface area contributed by atoms with Gasteiger partial charge in [-0.15, -0.1) is 29.6 Å². The molecule has 1 atom stereocenters.